The Morgan fingerprint density at radius 1 is 1.07 bits per heavy atom. The summed E-state index contributed by atoms with van der Waals surface area (Å²) >= 11 is 5.86. The number of amides is 1. The molecule has 0 saturated carbocycles. The lowest BCUT2D eigenvalue weighted by Gasteiger charge is -2.04. The number of hydrogen-bond donors (Lipinski definition) is 2. The fraction of sp³-hybridized carbons (Fsp3) is 0. The number of carbonyl (C=O) groups is 1. The van der Waals surface area contributed by atoms with E-state index < -0.39 is 10.8 Å². The second-order valence-corrected chi connectivity index (χ2v) is 6.92. The normalized spacial score (nSPS) is 11.1. The van der Waals surface area contributed by atoms with Gasteiger partial charge in [0, 0.05) is 33.6 Å². The first-order valence-electron chi connectivity index (χ1n) is 8.97. The molecule has 1 aromatic heterocycles. The maximum absolute atomic E-state index is 12.9. The molecule has 7 nitrogen and oxygen atoms in total. The molecule has 0 aliphatic rings. The number of aromatic amines is 1. The number of nitro benzene ring substituents is 1. The number of rotatable bonds is 5. The standard InChI is InChI=1S/C22H15ClN4O3/c23-16-8-6-14(7-9-16)13-24-26-22(28)21-20(15-4-2-1-3-5-15)18-12-17(27(29)30)10-11-19(18)25-21/h1-13,25H,(H,26,28). The molecule has 1 amide bonds. The second kappa shape index (κ2) is 8.18. The van der Waals surface area contributed by atoms with E-state index in [1.54, 1.807) is 30.3 Å². The Balaban J connectivity index is 1.73. The van der Waals surface area contributed by atoms with Crippen LogP contribution in [0.3, 0.4) is 0 Å². The van der Waals surface area contributed by atoms with Crippen LogP contribution < -0.4 is 5.43 Å². The smallest absolute Gasteiger partial charge is 0.288 e. The number of fused-ring (bicyclic) bond motifs is 1. The quantitative estimate of drug-likeness (QED) is 0.266. The van der Waals surface area contributed by atoms with Crippen LogP contribution in [0.5, 0.6) is 0 Å². The third-order valence-corrected chi connectivity index (χ3v) is 4.78. The van der Waals surface area contributed by atoms with Gasteiger partial charge in [-0.25, -0.2) is 5.43 Å². The van der Waals surface area contributed by atoms with E-state index in [-0.39, 0.29) is 11.4 Å². The topological polar surface area (TPSA) is 100 Å². The van der Waals surface area contributed by atoms with Crippen molar-refractivity contribution in [1.82, 2.24) is 10.4 Å². The number of nitrogens with one attached hydrogen (secondary N) is 2. The highest BCUT2D eigenvalue weighted by Gasteiger charge is 2.21. The molecule has 0 fully saturated rings. The van der Waals surface area contributed by atoms with Gasteiger partial charge in [-0.15, -0.1) is 0 Å². The van der Waals surface area contributed by atoms with Gasteiger partial charge >= 0.3 is 0 Å². The van der Waals surface area contributed by atoms with Crippen LogP contribution in [0.25, 0.3) is 22.0 Å². The molecule has 148 valence electrons. The zero-order valence-electron chi connectivity index (χ0n) is 15.5. The molecule has 2 N–H and O–H groups in total. The van der Waals surface area contributed by atoms with E-state index in [9.17, 15) is 14.9 Å². The molecule has 4 rings (SSSR count). The van der Waals surface area contributed by atoms with Crippen molar-refractivity contribution in [1.29, 1.82) is 0 Å². The molecule has 4 aromatic rings. The summed E-state index contributed by atoms with van der Waals surface area (Å²) in [5.74, 6) is -0.460. The zero-order valence-corrected chi connectivity index (χ0v) is 16.3. The minimum absolute atomic E-state index is 0.0496. The van der Waals surface area contributed by atoms with Gasteiger partial charge in [0.1, 0.15) is 5.69 Å². The Morgan fingerprint density at radius 3 is 2.50 bits per heavy atom. The molecule has 8 heteroatoms. The molecule has 30 heavy (non-hydrogen) atoms. The minimum Gasteiger partial charge on any atom is -0.350 e. The SMILES string of the molecule is O=C(NN=Cc1ccc(Cl)cc1)c1[nH]c2ccc([N+](=O)[O-])cc2c1-c1ccccc1. The molecule has 0 aliphatic heterocycles. The van der Waals surface area contributed by atoms with Gasteiger partial charge in [0.15, 0.2) is 0 Å². The van der Waals surface area contributed by atoms with E-state index in [2.05, 4.69) is 15.5 Å². The van der Waals surface area contributed by atoms with E-state index in [1.165, 1.54) is 18.3 Å². The average Bonchev–Trinajstić information content (AvgIpc) is 3.14. The van der Waals surface area contributed by atoms with Gasteiger partial charge in [0.2, 0.25) is 0 Å². The summed E-state index contributed by atoms with van der Waals surface area (Å²) in [6.07, 6.45) is 1.50. The molecular formula is C22H15ClN4O3. The molecule has 0 bridgehead atoms. The second-order valence-electron chi connectivity index (χ2n) is 6.48. The summed E-state index contributed by atoms with van der Waals surface area (Å²) in [4.78, 5) is 26.7. The number of hydrazone groups is 1. The van der Waals surface area contributed by atoms with Crippen molar-refractivity contribution >= 4 is 40.3 Å². The maximum atomic E-state index is 12.9. The number of nitrogens with zero attached hydrogens (tertiary/aromatic N) is 2. The van der Waals surface area contributed by atoms with Crippen LogP contribution in [0.15, 0.2) is 77.9 Å². The molecular weight excluding hydrogens is 404 g/mol. The number of H-pyrrole nitrogens is 1. The van der Waals surface area contributed by atoms with Crippen molar-refractivity contribution in [2.75, 3.05) is 0 Å². The third kappa shape index (κ3) is 3.92. The van der Waals surface area contributed by atoms with Crippen LogP contribution in [0.4, 0.5) is 5.69 Å². The highest BCUT2D eigenvalue weighted by Crippen LogP contribution is 2.34. The molecule has 0 radical (unpaired) electrons. The fourth-order valence-corrected chi connectivity index (χ4v) is 3.26. The summed E-state index contributed by atoms with van der Waals surface area (Å²) in [6, 6.07) is 20.7. The summed E-state index contributed by atoms with van der Waals surface area (Å²) in [5.41, 5.74) is 5.45. The van der Waals surface area contributed by atoms with Gasteiger partial charge in [-0.3, -0.25) is 14.9 Å². The molecule has 0 aliphatic carbocycles. The van der Waals surface area contributed by atoms with Gasteiger partial charge in [0.25, 0.3) is 11.6 Å². The number of benzene rings is 3. The van der Waals surface area contributed by atoms with Crippen molar-refractivity contribution in [3.8, 4) is 11.1 Å². The zero-order chi connectivity index (χ0) is 21.1. The van der Waals surface area contributed by atoms with Crippen molar-refractivity contribution in [3.63, 3.8) is 0 Å². The fourth-order valence-electron chi connectivity index (χ4n) is 3.14. The van der Waals surface area contributed by atoms with E-state index in [0.29, 0.717) is 21.5 Å². The predicted octanol–water partition coefficient (Wildman–Crippen LogP) is 5.16. The Bertz CT molecular complexity index is 1270. The number of carbonyl (C=O) groups excluding carboxylic acids is 1. The van der Waals surface area contributed by atoms with Gasteiger partial charge in [-0.2, -0.15) is 5.10 Å². The Kier molecular flexibility index (Phi) is 5.28. The van der Waals surface area contributed by atoms with Gasteiger partial charge < -0.3 is 4.98 Å². The number of nitro groups is 1. The van der Waals surface area contributed by atoms with E-state index in [0.717, 1.165) is 11.1 Å². The monoisotopic (exact) mass is 418 g/mol. The van der Waals surface area contributed by atoms with E-state index in [1.807, 2.05) is 30.3 Å². The van der Waals surface area contributed by atoms with Crippen LogP contribution in [-0.2, 0) is 0 Å². The lowest BCUT2D eigenvalue weighted by Crippen LogP contribution is -2.18. The molecule has 0 spiro atoms. The van der Waals surface area contributed by atoms with Gasteiger partial charge in [0.05, 0.1) is 11.1 Å². The lowest BCUT2D eigenvalue weighted by atomic mass is 10.0. The molecule has 0 unspecified atom stereocenters. The largest absolute Gasteiger partial charge is 0.350 e. The van der Waals surface area contributed by atoms with Crippen molar-refractivity contribution < 1.29 is 9.72 Å². The van der Waals surface area contributed by atoms with Crippen LogP contribution in [0.1, 0.15) is 16.1 Å². The van der Waals surface area contributed by atoms with Gasteiger partial charge in [-0.05, 0) is 29.3 Å². The maximum Gasteiger partial charge on any atom is 0.288 e. The molecule has 0 saturated heterocycles. The summed E-state index contributed by atoms with van der Waals surface area (Å²) in [7, 11) is 0. The Hall–Kier alpha value is -3.97. The number of aromatic nitrogens is 1. The summed E-state index contributed by atoms with van der Waals surface area (Å²) < 4.78 is 0. The number of hydrogen-bond acceptors (Lipinski definition) is 4. The number of halogens is 1. The van der Waals surface area contributed by atoms with Crippen LogP contribution >= 0.6 is 11.6 Å². The lowest BCUT2D eigenvalue weighted by molar-refractivity contribution is -0.384. The van der Waals surface area contributed by atoms with E-state index >= 15 is 0 Å². The third-order valence-electron chi connectivity index (χ3n) is 4.53. The first-order valence-corrected chi connectivity index (χ1v) is 9.35. The molecule has 3 aromatic carbocycles. The number of non-ortho nitro benzene ring substituents is 1. The van der Waals surface area contributed by atoms with Crippen molar-refractivity contribution in [2.45, 2.75) is 0 Å². The minimum atomic E-state index is -0.461. The van der Waals surface area contributed by atoms with Crippen LogP contribution in [-0.4, -0.2) is 22.0 Å². The van der Waals surface area contributed by atoms with E-state index in [4.69, 9.17) is 11.6 Å². The molecule has 1 heterocycles. The first-order chi connectivity index (χ1) is 14.5. The van der Waals surface area contributed by atoms with Crippen LogP contribution in [0.2, 0.25) is 5.02 Å². The molecule has 0 atom stereocenters. The Morgan fingerprint density at radius 2 is 1.80 bits per heavy atom. The Labute approximate surface area is 176 Å². The highest BCUT2D eigenvalue weighted by atomic mass is 35.5. The highest BCUT2D eigenvalue weighted by molar-refractivity contribution is 6.30. The van der Waals surface area contributed by atoms with Gasteiger partial charge in [-0.1, -0.05) is 54.1 Å². The van der Waals surface area contributed by atoms with Crippen molar-refractivity contribution in [3.05, 3.63) is 99.2 Å². The van der Waals surface area contributed by atoms with Crippen LogP contribution in [0, 0.1) is 10.1 Å². The first kappa shape index (κ1) is 19.4. The predicted molar refractivity (Wildman–Crippen MR) is 117 cm³/mol. The summed E-state index contributed by atoms with van der Waals surface area (Å²) in [6.45, 7) is 0. The average molecular weight is 419 g/mol. The van der Waals surface area contributed by atoms with Crippen molar-refractivity contribution in [2.24, 2.45) is 5.10 Å². The summed E-state index contributed by atoms with van der Waals surface area (Å²) in [5, 5.41) is 16.4.